The molecule has 1 N–H and O–H groups in total. The Bertz CT molecular complexity index is 337. The number of hydrogen-bond donors (Lipinski definition) is 1. The van der Waals surface area contributed by atoms with Gasteiger partial charge >= 0.3 is 5.97 Å². The average molecular weight is 205 g/mol. The van der Waals surface area contributed by atoms with Crippen molar-refractivity contribution in [2.45, 2.75) is 31.6 Å². The van der Waals surface area contributed by atoms with E-state index in [0.29, 0.717) is 0 Å². The molecule has 1 saturated carbocycles. The predicted molar refractivity (Wildman–Crippen MR) is 56.6 cm³/mol. The number of aliphatic carboxylic acids is 1. The summed E-state index contributed by atoms with van der Waals surface area (Å²) in [5, 5.41) is 9.15. The van der Waals surface area contributed by atoms with Crippen molar-refractivity contribution >= 4 is 5.97 Å². The van der Waals surface area contributed by atoms with Gasteiger partial charge in [-0.2, -0.15) is 0 Å². The van der Waals surface area contributed by atoms with Crippen LogP contribution in [-0.4, -0.2) is 16.1 Å². The molecule has 0 aliphatic heterocycles. The third-order valence-electron chi connectivity index (χ3n) is 3.20. The Morgan fingerprint density at radius 3 is 2.87 bits per heavy atom. The molecule has 0 unspecified atom stereocenters. The number of hydrogen-bond acceptors (Lipinski definition) is 2. The van der Waals surface area contributed by atoms with Crippen LogP contribution in [0.5, 0.6) is 0 Å². The van der Waals surface area contributed by atoms with Crippen molar-refractivity contribution in [3.63, 3.8) is 0 Å². The summed E-state index contributed by atoms with van der Waals surface area (Å²) in [6.45, 7) is 0. The maximum atomic E-state index is 11.1. The van der Waals surface area contributed by atoms with Crippen molar-refractivity contribution in [2.75, 3.05) is 0 Å². The molecule has 0 aromatic carbocycles. The molecule has 1 heterocycles. The fourth-order valence-corrected chi connectivity index (χ4v) is 2.42. The van der Waals surface area contributed by atoms with Crippen LogP contribution in [0.4, 0.5) is 0 Å². The van der Waals surface area contributed by atoms with Gasteiger partial charge in [-0.3, -0.25) is 9.78 Å². The zero-order chi connectivity index (χ0) is 10.7. The van der Waals surface area contributed by atoms with Crippen LogP contribution in [-0.2, 0) is 4.79 Å². The minimum atomic E-state index is -0.663. The molecule has 1 aliphatic rings. The summed E-state index contributed by atoms with van der Waals surface area (Å²) in [4.78, 5) is 15.2. The topological polar surface area (TPSA) is 50.2 Å². The van der Waals surface area contributed by atoms with Gasteiger partial charge in [-0.1, -0.05) is 18.9 Å². The molecule has 0 saturated heterocycles. The van der Waals surface area contributed by atoms with Crippen LogP contribution in [0.2, 0.25) is 0 Å². The van der Waals surface area contributed by atoms with Crippen molar-refractivity contribution in [1.29, 1.82) is 0 Å². The Kier molecular flexibility index (Phi) is 2.99. The maximum Gasteiger partial charge on any atom is 0.307 e. The number of aromatic nitrogens is 1. The minimum absolute atomic E-state index is 0.157. The van der Waals surface area contributed by atoms with Gasteiger partial charge in [0.25, 0.3) is 0 Å². The predicted octanol–water partition coefficient (Wildman–Crippen LogP) is 2.44. The molecule has 0 spiro atoms. The summed E-state index contributed by atoms with van der Waals surface area (Å²) in [5.74, 6) is -0.726. The first-order valence-electron chi connectivity index (χ1n) is 5.42. The highest BCUT2D eigenvalue weighted by Crippen LogP contribution is 2.37. The van der Waals surface area contributed by atoms with Gasteiger partial charge in [0.2, 0.25) is 0 Å². The van der Waals surface area contributed by atoms with Gasteiger partial charge in [0.1, 0.15) is 0 Å². The third kappa shape index (κ3) is 2.17. The molecule has 1 fully saturated rings. The van der Waals surface area contributed by atoms with Crippen LogP contribution in [0.15, 0.2) is 24.5 Å². The Morgan fingerprint density at radius 2 is 2.20 bits per heavy atom. The van der Waals surface area contributed by atoms with Crippen LogP contribution in [0.1, 0.15) is 37.2 Å². The fourth-order valence-electron chi connectivity index (χ4n) is 2.42. The number of carbonyl (C=O) groups is 1. The van der Waals surface area contributed by atoms with Crippen LogP contribution in [0.25, 0.3) is 0 Å². The van der Waals surface area contributed by atoms with E-state index in [1.807, 2.05) is 12.1 Å². The van der Waals surface area contributed by atoms with Crippen LogP contribution in [0, 0.1) is 5.92 Å². The SMILES string of the molecule is O=C(O)[C@@H]1CCCC[C@H]1c1cccnc1. The van der Waals surface area contributed by atoms with Crippen molar-refractivity contribution in [2.24, 2.45) is 5.92 Å². The van der Waals surface area contributed by atoms with Crippen molar-refractivity contribution in [3.8, 4) is 0 Å². The zero-order valence-electron chi connectivity index (χ0n) is 8.60. The van der Waals surface area contributed by atoms with Gasteiger partial charge in [-0.05, 0) is 30.4 Å². The first-order chi connectivity index (χ1) is 7.29. The van der Waals surface area contributed by atoms with E-state index < -0.39 is 5.97 Å². The summed E-state index contributed by atoms with van der Waals surface area (Å²) < 4.78 is 0. The van der Waals surface area contributed by atoms with Gasteiger partial charge in [-0.25, -0.2) is 0 Å². The number of rotatable bonds is 2. The van der Waals surface area contributed by atoms with E-state index in [1.54, 1.807) is 12.4 Å². The monoisotopic (exact) mass is 205 g/mol. The summed E-state index contributed by atoms with van der Waals surface area (Å²) in [6, 6.07) is 3.86. The van der Waals surface area contributed by atoms with E-state index in [1.165, 1.54) is 0 Å². The molecule has 1 aromatic heterocycles. The number of pyridine rings is 1. The second-order valence-corrected chi connectivity index (χ2v) is 4.12. The number of carboxylic acid groups (broad SMARTS) is 1. The fraction of sp³-hybridized carbons (Fsp3) is 0.500. The summed E-state index contributed by atoms with van der Waals surface area (Å²) in [5.41, 5.74) is 1.07. The average Bonchev–Trinajstić information content (AvgIpc) is 2.30. The molecule has 3 heteroatoms. The van der Waals surface area contributed by atoms with E-state index in [-0.39, 0.29) is 11.8 Å². The highest BCUT2D eigenvalue weighted by atomic mass is 16.4. The minimum Gasteiger partial charge on any atom is -0.481 e. The quantitative estimate of drug-likeness (QED) is 0.806. The first-order valence-corrected chi connectivity index (χ1v) is 5.42. The normalized spacial score (nSPS) is 26.1. The van der Waals surface area contributed by atoms with Crippen LogP contribution >= 0.6 is 0 Å². The van der Waals surface area contributed by atoms with E-state index in [9.17, 15) is 4.79 Å². The van der Waals surface area contributed by atoms with E-state index >= 15 is 0 Å². The molecule has 15 heavy (non-hydrogen) atoms. The van der Waals surface area contributed by atoms with E-state index in [0.717, 1.165) is 31.2 Å². The van der Waals surface area contributed by atoms with Crippen molar-refractivity contribution < 1.29 is 9.90 Å². The molecule has 3 nitrogen and oxygen atoms in total. The Balaban J connectivity index is 2.22. The lowest BCUT2D eigenvalue weighted by atomic mass is 9.76. The smallest absolute Gasteiger partial charge is 0.307 e. The molecule has 0 radical (unpaired) electrons. The summed E-state index contributed by atoms with van der Waals surface area (Å²) in [7, 11) is 0. The summed E-state index contributed by atoms with van der Waals surface area (Å²) in [6.07, 6.45) is 7.46. The lowest BCUT2D eigenvalue weighted by molar-refractivity contribution is -0.143. The molecule has 0 amide bonds. The zero-order valence-corrected chi connectivity index (χ0v) is 8.60. The Hall–Kier alpha value is -1.38. The molecule has 1 aliphatic carbocycles. The molecule has 1 aromatic rings. The molecule has 2 rings (SSSR count). The van der Waals surface area contributed by atoms with Crippen LogP contribution < -0.4 is 0 Å². The molecular formula is C12H15NO2. The second kappa shape index (κ2) is 4.43. The molecule has 80 valence electrons. The van der Waals surface area contributed by atoms with Crippen LogP contribution in [0.3, 0.4) is 0 Å². The largest absolute Gasteiger partial charge is 0.481 e. The van der Waals surface area contributed by atoms with Gasteiger partial charge < -0.3 is 5.11 Å². The lowest BCUT2D eigenvalue weighted by Crippen LogP contribution is -2.25. The second-order valence-electron chi connectivity index (χ2n) is 4.12. The molecular weight excluding hydrogens is 190 g/mol. The first kappa shape index (κ1) is 10.1. The summed E-state index contributed by atoms with van der Waals surface area (Å²) >= 11 is 0. The Labute approximate surface area is 89.2 Å². The standard InChI is InChI=1S/C12H15NO2/c14-12(15)11-6-2-1-5-10(11)9-4-3-7-13-8-9/h3-4,7-8,10-11H,1-2,5-6H2,(H,14,15)/t10-,11+/m0/s1. The highest BCUT2D eigenvalue weighted by molar-refractivity contribution is 5.71. The Morgan fingerprint density at radius 1 is 1.40 bits per heavy atom. The number of carboxylic acids is 1. The third-order valence-corrected chi connectivity index (χ3v) is 3.20. The lowest BCUT2D eigenvalue weighted by Gasteiger charge is -2.28. The van der Waals surface area contributed by atoms with Crippen molar-refractivity contribution in [1.82, 2.24) is 4.98 Å². The van der Waals surface area contributed by atoms with Gasteiger partial charge in [0.05, 0.1) is 5.92 Å². The van der Waals surface area contributed by atoms with Crippen molar-refractivity contribution in [3.05, 3.63) is 30.1 Å². The van der Waals surface area contributed by atoms with Gasteiger partial charge in [0.15, 0.2) is 0 Å². The number of nitrogens with zero attached hydrogens (tertiary/aromatic N) is 1. The van der Waals surface area contributed by atoms with Gasteiger partial charge in [0, 0.05) is 12.4 Å². The maximum absolute atomic E-state index is 11.1. The highest BCUT2D eigenvalue weighted by Gasteiger charge is 2.31. The molecule has 0 bridgehead atoms. The van der Waals surface area contributed by atoms with E-state index in [4.69, 9.17) is 5.11 Å². The van der Waals surface area contributed by atoms with E-state index in [2.05, 4.69) is 4.98 Å². The molecule has 2 atom stereocenters. The van der Waals surface area contributed by atoms with Gasteiger partial charge in [-0.15, -0.1) is 0 Å².